The molecular formula is C16H18N4O. The van der Waals surface area contributed by atoms with Gasteiger partial charge in [0.25, 0.3) is 5.91 Å². The molecule has 0 aliphatic carbocycles. The lowest BCUT2D eigenvalue weighted by Crippen LogP contribution is -2.32. The molecule has 1 aromatic heterocycles. The molecule has 0 saturated carbocycles. The van der Waals surface area contributed by atoms with Crippen LogP contribution in [0.5, 0.6) is 0 Å². The highest BCUT2D eigenvalue weighted by molar-refractivity contribution is 5.97. The van der Waals surface area contributed by atoms with Gasteiger partial charge in [0.2, 0.25) is 0 Å². The zero-order valence-electron chi connectivity index (χ0n) is 11.8. The van der Waals surface area contributed by atoms with Gasteiger partial charge in [0.1, 0.15) is 11.6 Å². The standard InChI is InChI=1S/C16H18N4O/c1-3-9-20(10-4-2)16(21)14(11-17)12-18-13-15-7-5-6-8-19-15/h3-8,12,18H,1-2,9-10,13H2/b14-12-. The first kappa shape index (κ1) is 16.2. The Hall–Kier alpha value is -2.87. The maximum atomic E-state index is 12.2. The van der Waals surface area contributed by atoms with Crippen LogP contribution in [0.1, 0.15) is 5.69 Å². The number of hydrogen-bond acceptors (Lipinski definition) is 4. The zero-order chi connectivity index (χ0) is 15.5. The third-order valence-electron chi connectivity index (χ3n) is 2.59. The van der Waals surface area contributed by atoms with E-state index in [-0.39, 0.29) is 11.5 Å². The Morgan fingerprint density at radius 1 is 1.38 bits per heavy atom. The monoisotopic (exact) mass is 282 g/mol. The second kappa shape index (κ2) is 9.10. The topological polar surface area (TPSA) is 69.0 Å². The Morgan fingerprint density at radius 2 is 2.10 bits per heavy atom. The normalized spacial score (nSPS) is 10.3. The van der Waals surface area contributed by atoms with Crippen LogP contribution in [-0.2, 0) is 11.3 Å². The summed E-state index contributed by atoms with van der Waals surface area (Å²) < 4.78 is 0. The van der Waals surface area contributed by atoms with Crippen LogP contribution in [0, 0.1) is 11.3 Å². The van der Waals surface area contributed by atoms with Crippen LogP contribution in [0.15, 0.2) is 61.5 Å². The van der Waals surface area contributed by atoms with Crippen LogP contribution in [0.3, 0.4) is 0 Å². The average molecular weight is 282 g/mol. The lowest BCUT2D eigenvalue weighted by molar-refractivity contribution is -0.125. The van der Waals surface area contributed by atoms with Gasteiger partial charge in [-0.2, -0.15) is 5.26 Å². The number of pyridine rings is 1. The van der Waals surface area contributed by atoms with Gasteiger partial charge in [-0.15, -0.1) is 13.2 Å². The molecule has 0 unspecified atom stereocenters. The fourth-order valence-corrected chi connectivity index (χ4v) is 1.62. The van der Waals surface area contributed by atoms with E-state index in [0.717, 1.165) is 5.69 Å². The first-order chi connectivity index (χ1) is 10.2. The number of carbonyl (C=O) groups excluding carboxylic acids is 1. The van der Waals surface area contributed by atoms with E-state index < -0.39 is 0 Å². The molecule has 1 aromatic rings. The van der Waals surface area contributed by atoms with E-state index in [1.165, 1.54) is 11.1 Å². The average Bonchev–Trinajstić information content (AvgIpc) is 2.52. The molecule has 5 heteroatoms. The smallest absolute Gasteiger partial charge is 0.266 e. The Labute approximate surface area is 124 Å². The molecule has 5 nitrogen and oxygen atoms in total. The summed E-state index contributed by atoms with van der Waals surface area (Å²) in [5.41, 5.74) is 0.863. The van der Waals surface area contributed by atoms with E-state index in [4.69, 9.17) is 5.26 Å². The van der Waals surface area contributed by atoms with Crippen molar-refractivity contribution in [2.24, 2.45) is 0 Å². The minimum Gasteiger partial charge on any atom is -0.384 e. The summed E-state index contributed by atoms with van der Waals surface area (Å²) >= 11 is 0. The lowest BCUT2D eigenvalue weighted by atomic mass is 10.2. The van der Waals surface area contributed by atoms with Gasteiger partial charge in [-0.25, -0.2) is 0 Å². The largest absolute Gasteiger partial charge is 0.384 e. The molecule has 1 N–H and O–H groups in total. The van der Waals surface area contributed by atoms with Crippen molar-refractivity contribution in [1.82, 2.24) is 15.2 Å². The van der Waals surface area contributed by atoms with E-state index in [1.807, 2.05) is 24.3 Å². The third-order valence-corrected chi connectivity index (χ3v) is 2.59. The lowest BCUT2D eigenvalue weighted by Gasteiger charge is -2.18. The summed E-state index contributed by atoms with van der Waals surface area (Å²) in [6.07, 6.45) is 6.32. The highest BCUT2D eigenvalue weighted by atomic mass is 16.2. The maximum absolute atomic E-state index is 12.2. The van der Waals surface area contributed by atoms with Crippen LogP contribution >= 0.6 is 0 Å². The van der Waals surface area contributed by atoms with Crippen molar-refractivity contribution in [2.45, 2.75) is 6.54 Å². The first-order valence-electron chi connectivity index (χ1n) is 6.47. The first-order valence-corrected chi connectivity index (χ1v) is 6.47. The Bertz CT molecular complexity index is 547. The summed E-state index contributed by atoms with van der Waals surface area (Å²) in [5.74, 6) is -0.356. The summed E-state index contributed by atoms with van der Waals surface area (Å²) in [5, 5.41) is 12.0. The number of nitrogens with one attached hydrogen (secondary N) is 1. The van der Waals surface area contributed by atoms with Gasteiger partial charge < -0.3 is 10.2 Å². The van der Waals surface area contributed by atoms with Crippen molar-refractivity contribution in [3.63, 3.8) is 0 Å². The summed E-state index contributed by atoms with van der Waals surface area (Å²) in [6, 6.07) is 7.46. The van der Waals surface area contributed by atoms with Gasteiger partial charge in [0.05, 0.1) is 12.2 Å². The van der Waals surface area contributed by atoms with Gasteiger partial charge in [0, 0.05) is 25.5 Å². The number of carbonyl (C=O) groups is 1. The van der Waals surface area contributed by atoms with E-state index in [0.29, 0.717) is 19.6 Å². The highest BCUT2D eigenvalue weighted by Crippen LogP contribution is 2.02. The molecule has 0 aliphatic rings. The Morgan fingerprint density at radius 3 is 2.62 bits per heavy atom. The molecule has 0 fully saturated rings. The van der Waals surface area contributed by atoms with E-state index in [2.05, 4.69) is 23.5 Å². The van der Waals surface area contributed by atoms with Crippen molar-refractivity contribution >= 4 is 5.91 Å². The predicted molar refractivity (Wildman–Crippen MR) is 81.7 cm³/mol. The SMILES string of the molecule is C=CCN(CC=C)C(=O)/C(C#N)=C\NCc1ccccn1. The molecule has 0 spiro atoms. The summed E-state index contributed by atoms with van der Waals surface area (Å²) in [7, 11) is 0. The van der Waals surface area contributed by atoms with Crippen LogP contribution in [-0.4, -0.2) is 28.9 Å². The predicted octanol–water partition coefficient (Wildman–Crippen LogP) is 1.78. The van der Waals surface area contributed by atoms with Gasteiger partial charge >= 0.3 is 0 Å². The van der Waals surface area contributed by atoms with Gasteiger partial charge in [-0.1, -0.05) is 18.2 Å². The van der Waals surface area contributed by atoms with Crippen molar-refractivity contribution in [3.8, 4) is 6.07 Å². The number of rotatable bonds is 8. The molecule has 1 heterocycles. The molecule has 1 rings (SSSR count). The van der Waals surface area contributed by atoms with Crippen LogP contribution in [0.2, 0.25) is 0 Å². The van der Waals surface area contributed by atoms with Gasteiger partial charge in [-0.05, 0) is 12.1 Å². The fraction of sp³-hybridized carbons (Fsp3) is 0.188. The van der Waals surface area contributed by atoms with Crippen LogP contribution < -0.4 is 5.32 Å². The molecular weight excluding hydrogens is 264 g/mol. The maximum Gasteiger partial charge on any atom is 0.266 e. The molecule has 0 aliphatic heterocycles. The highest BCUT2D eigenvalue weighted by Gasteiger charge is 2.15. The minimum atomic E-state index is -0.356. The molecule has 21 heavy (non-hydrogen) atoms. The molecule has 0 bridgehead atoms. The number of nitriles is 1. The summed E-state index contributed by atoms with van der Waals surface area (Å²) in [4.78, 5) is 17.8. The van der Waals surface area contributed by atoms with E-state index in [9.17, 15) is 4.79 Å². The van der Waals surface area contributed by atoms with Crippen molar-refractivity contribution in [1.29, 1.82) is 5.26 Å². The van der Waals surface area contributed by atoms with Gasteiger partial charge in [-0.3, -0.25) is 9.78 Å². The van der Waals surface area contributed by atoms with Crippen LogP contribution in [0.4, 0.5) is 0 Å². The molecule has 1 amide bonds. The van der Waals surface area contributed by atoms with E-state index >= 15 is 0 Å². The van der Waals surface area contributed by atoms with Crippen molar-refractivity contribution in [2.75, 3.05) is 13.1 Å². The molecule has 0 atom stereocenters. The molecule has 0 aromatic carbocycles. The quantitative estimate of drug-likeness (QED) is 0.448. The third kappa shape index (κ3) is 5.33. The molecule has 0 radical (unpaired) electrons. The Balaban J connectivity index is 2.69. The second-order valence-corrected chi connectivity index (χ2v) is 4.16. The number of hydrogen-bond donors (Lipinski definition) is 1. The van der Waals surface area contributed by atoms with Crippen molar-refractivity contribution in [3.05, 3.63) is 67.2 Å². The molecule has 0 saturated heterocycles. The number of nitrogens with zero attached hydrogens (tertiary/aromatic N) is 3. The minimum absolute atomic E-state index is 0.0367. The van der Waals surface area contributed by atoms with Crippen molar-refractivity contribution < 1.29 is 4.79 Å². The molecule has 108 valence electrons. The van der Waals surface area contributed by atoms with E-state index in [1.54, 1.807) is 18.3 Å². The number of amides is 1. The van der Waals surface area contributed by atoms with Gasteiger partial charge in [0.15, 0.2) is 0 Å². The Kier molecular flexibility index (Phi) is 7.01. The second-order valence-electron chi connectivity index (χ2n) is 4.16. The number of aromatic nitrogens is 1. The zero-order valence-corrected chi connectivity index (χ0v) is 11.8. The summed E-state index contributed by atoms with van der Waals surface area (Å²) in [6.45, 7) is 8.37. The fourth-order valence-electron chi connectivity index (χ4n) is 1.62. The van der Waals surface area contributed by atoms with Crippen LogP contribution in [0.25, 0.3) is 0 Å².